The van der Waals surface area contributed by atoms with Crippen molar-refractivity contribution in [2.24, 2.45) is 0 Å². The number of aryl methyl sites for hydroxylation is 1. The van der Waals surface area contributed by atoms with Gasteiger partial charge in [-0.05, 0) is 38.1 Å². The van der Waals surface area contributed by atoms with Crippen molar-refractivity contribution in [1.29, 1.82) is 0 Å². The van der Waals surface area contributed by atoms with Gasteiger partial charge in [0.2, 0.25) is 5.79 Å². The molecule has 176 valence electrons. The number of ether oxygens (including phenoxy) is 3. The molecule has 0 radical (unpaired) electrons. The van der Waals surface area contributed by atoms with E-state index in [1.807, 2.05) is 19.1 Å². The van der Waals surface area contributed by atoms with Crippen molar-refractivity contribution in [2.45, 2.75) is 19.6 Å². The molecule has 0 aromatic heterocycles. The Morgan fingerprint density at radius 3 is 2.24 bits per heavy atom. The first kappa shape index (κ1) is 25.9. The summed E-state index contributed by atoms with van der Waals surface area (Å²) in [5, 5.41) is 3.26. The van der Waals surface area contributed by atoms with Gasteiger partial charge < -0.3 is 19.5 Å². The molecule has 33 heavy (non-hydrogen) atoms. The van der Waals surface area contributed by atoms with Crippen LogP contribution in [-0.2, 0) is 20.0 Å². The third-order valence-electron chi connectivity index (χ3n) is 4.36. The van der Waals surface area contributed by atoms with E-state index in [2.05, 4.69) is 29.3 Å². The number of anilines is 1. The molecule has 3 amide bonds. The average Bonchev–Trinajstić information content (AvgIpc) is 2.80. The highest BCUT2D eigenvalue weighted by molar-refractivity contribution is 6.30. The van der Waals surface area contributed by atoms with E-state index in [-0.39, 0.29) is 19.8 Å². The molecular formula is C24H28ClN3O5. The Bertz CT molecular complexity index is 967. The normalized spacial score (nSPS) is 10.8. The second-order valence-electron chi connectivity index (χ2n) is 6.80. The zero-order chi connectivity index (χ0) is 24.3. The molecule has 8 nitrogen and oxygen atoms in total. The predicted octanol–water partition coefficient (Wildman–Crippen LogP) is 5.04. The van der Waals surface area contributed by atoms with E-state index >= 15 is 0 Å². The van der Waals surface area contributed by atoms with Crippen LogP contribution in [0.2, 0.25) is 5.02 Å². The van der Waals surface area contributed by atoms with Gasteiger partial charge in [0.25, 0.3) is 0 Å². The van der Waals surface area contributed by atoms with Gasteiger partial charge in [-0.25, -0.2) is 20.4 Å². The number of hydrogen-bond donors (Lipinski definition) is 3. The van der Waals surface area contributed by atoms with Gasteiger partial charge in [0.15, 0.2) is 0 Å². The van der Waals surface area contributed by atoms with E-state index in [1.54, 1.807) is 49.4 Å². The second kappa shape index (κ2) is 12.6. The molecule has 2 aromatic carbocycles. The lowest BCUT2D eigenvalue weighted by molar-refractivity contribution is -0.204. The van der Waals surface area contributed by atoms with Crippen molar-refractivity contribution >= 4 is 29.4 Å². The van der Waals surface area contributed by atoms with Crippen LogP contribution in [0.3, 0.4) is 0 Å². The maximum absolute atomic E-state index is 12.5. The fourth-order valence-electron chi connectivity index (χ4n) is 3.01. The summed E-state index contributed by atoms with van der Waals surface area (Å²) in [5.41, 5.74) is 6.87. The molecule has 0 saturated carbocycles. The molecule has 0 aliphatic heterocycles. The number of halogens is 1. The highest BCUT2D eigenvalue weighted by Crippen LogP contribution is 2.40. The smallest absolute Gasteiger partial charge is 0.426 e. The molecular weight excluding hydrogens is 446 g/mol. The third kappa shape index (κ3) is 7.08. The molecule has 0 aliphatic carbocycles. The number of amides is 3. The van der Waals surface area contributed by atoms with Crippen LogP contribution >= 0.6 is 11.6 Å². The van der Waals surface area contributed by atoms with Crippen LogP contribution < -0.4 is 16.2 Å². The lowest BCUT2D eigenvalue weighted by atomic mass is 9.93. The van der Waals surface area contributed by atoms with E-state index in [4.69, 9.17) is 25.8 Å². The number of hydrogen-bond acceptors (Lipinski definition) is 5. The number of urea groups is 1. The predicted molar refractivity (Wildman–Crippen MR) is 128 cm³/mol. The molecule has 0 atom stereocenters. The molecule has 0 unspecified atom stereocenters. The first-order chi connectivity index (χ1) is 15.9. The van der Waals surface area contributed by atoms with E-state index in [1.165, 1.54) is 0 Å². The van der Waals surface area contributed by atoms with Crippen LogP contribution in [-0.4, -0.2) is 31.9 Å². The summed E-state index contributed by atoms with van der Waals surface area (Å²) in [6, 6.07) is 11.7. The molecule has 0 bridgehead atoms. The van der Waals surface area contributed by atoms with Gasteiger partial charge in [0, 0.05) is 16.1 Å². The number of nitrogens with one attached hydrogen (secondary N) is 3. The highest BCUT2D eigenvalue weighted by atomic mass is 35.5. The third-order valence-corrected chi connectivity index (χ3v) is 4.62. The summed E-state index contributed by atoms with van der Waals surface area (Å²) >= 11 is 6.10. The minimum Gasteiger partial charge on any atom is -0.449 e. The Labute approximate surface area is 198 Å². The van der Waals surface area contributed by atoms with Gasteiger partial charge >= 0.3 is 12.1 Å². The molecule has 9 heteroatoms. The van der Waals surface area contributed by atoms with Crippen LogP contribution in [0.15, 0.2) is 67.8 Å². The largest absolute Gasteiger partial charge is 0.449 e. The topological polar surface area (TPSA) is 97.9 Å². The summed E-state index contributed by atoms with van der Waals surface area (Å²) in [6.45, 7) is 11.5. The number of benzene rings is 2. The SMILES string of the molecule is C=CCOC(OCC=C)(c1ccc(Cl)cc1)c1cc(C)ccc1NC(=O)NNC(=O)OCC. The van der Waals surface area contributed by atoms with Crippen LogP contribution in [0, 0.1) is 6.92 Å². The summed E-state index contributed by atoms with van der Waals surface area (Å²) in [5.74, 6) is -1.42. The van der Waals surface area contributed by atoms with Crippen LogP contribution in [0.5, 0.6) is 0 Å². The molecule has 3 N–H and O–H groups in total. The number of hydrazine groups is 1. The Balaban J connectivity index is 2.52. The van der Waals surface area contributed by atoms with E-state index in [9.17, 15) is 9.59 Å². The molecule has 0 spiro atoms. The molecule has 2 aromatic rings. The monoisotopic (exact) mass is 473 g/mol. The van der Waals surface area contributed by atoms with Crippen molar-refractivity contribution < 1.29 is 23.8 Å². The van der Waals surface area contributed by atoms with Gasteiger partial charge in [-0.15, -0.1) is 13.2 Å². The minimum atomic E-state index is -1.42. The zero-order valence-corrected chi connectivity index (χ0v) is 19.4. The van der Waals surface area contributed by atoms with E-state index in [0.29, 0.717) is 21.8 Å². The Kier molecular flexibility index (Phi) is 9.93. The van der Waals surface area contributed by atoms with Gasteiger partial charge in [0.1, 0.15) is 0 Å². The Hall–Kier alpha value is -3.33. The Morgan fingerprint density at radius 2 is 1.67 bits per heavy atom. The summed E-state index contributed by atoms with van der Waals surface area (Å²) < 4.78 is 17.1. The van der Waals surface area contributed by atoms with Crippen molar-refractivity contribution in [3.8, 4) is 0 Å². The summed E-state index contributed by atoms with van der Waals surface area (Å²) in [4.78, 5) is 23.9. The number of carbonyl (C=O) groups is 2. The zero-order valence-electron chi connectivity index (χ0n) is 18.7. The highest BCUT2D eigenvalue weighted by Gasteiger charge is 2.39. The molecule has 0 saturated heterocycles. The second-order valence-corrected chi connectivity index (χ2v) is 7.23. The first-order valence-electron chi connectivity index (χ1n) is 10.2. The summed E-state index contributed by atoms with van der Waals surface area (Å²) in [7, 11) is 0. The van der Waals surface area contributed by atoms with Gasteiger partial charge in [-0.2, -0.15) is 0 Å². The van der Waals surface area contributed by atoms with Crippen LogP contribution in [0.4, 0.5) is 15.3 Å². The van der Waals surface area contributed by atoms with Gasteiger partial charge in [-0.1, -0.05) is 47.5 Å². The minimum absolute atomic E-state index is 0.157. The number of carbonyl (C=O) groups excluding carboxylic acids is 2. The van der Waals surface area contributed by atoms with Crippen molar-refractivity contribution in [2.75, 3.05) is 25.1 Å². The van der Waals surface area contributed by atoms with Crippen LogP contribution in [0.1, 0.15) is 23.6 Å². The number of rotatable bonds is 10. The molecule has 0 fully saturated rings. The quantitative estimate of drug-likeness (QED) is 0.255. The molecule has 0 aliphatic rings. The van der Waals surface area contributed by atoms with Crippen LogP contribution in [0.25, 0.3) is 0 Å². The van der Waals surface area contributed by atoms with Gasteiger partial charge in [-0.3, -0.25) is 0 Å². The van der Waals surface area contributed by atoms with E-state index in [0.717, 1.165) is 5.56 Å². The standard InChI is InChI=1S/C24H28ClN3O5/c1-5-14-32-24(33-15-6-2,18-9-11-19(25)12-10-18)20-16-17(4)8-13-21(20)26-22(29)27-28-23(30)31-7-3/h5-6,8-13,16H,1-2,7,14-15H2,3-4H3,(H,28,30)(H2,26,27,29). The lowest BCUT2D eigenvalue weighted by Crippen LogP contribution is -2.44. The lowest BCUT2D eigenvalue weighted by Gasteiger charge is -2.36. The maximum atomic E-state index is 12.5. The van der Waals surface area contributed by atoms with Gasteiger partial charge in [0.05, 0.1) is 25.5 Å². The van der Waals surface area contributed by atoms with Crippen molar-refractivity contribution in [1.82, 2.24) is 10.9 Å². The summed E-state index contributed by atoms with van der Waals surface area (Å²) in [6.07, 6.45) is 2.41. The average molecular weight is 474 g/mol. The van der Waals surface area contributed by atoms with Crippen molar-refractivity contribution in [3.05, 3.63) is 89.5 Å². The molecule has 0 heterocycles. The maximum Gasteiger partial charge on any atom is 0.426 e. The van der Waals surface area contributed by atoms with E-state index < -0.39 is 17.9 Å². The Morgan fingerprint density at radius 1 is 1.03 bits per heavy atom. The fourth-order valence-corrected chi connectivity index (χ4v) is 3.14. The first-order valence-corrected chi connectivity index (χ1v) is 10.6. The van der Waals surface area contributed by atoms with Crippen molar-refractivity contribution in [3.63, 3.8) is 0 Å². The molecule has 2 rings (SSSR count). The fraction of sp³-hybridized carbons (Fsp3) is 0.250.